The molecule has 194 valence electrons. The SMILES string of the molecule is CC1=C(c2cccc(O)c2)C(c2ccc(OC[C@H](C)N3CCCC[C@@H](F)C3)cc2)Oc2ccc(O)cc21. The second-order valence-electron chi connectivity index (χ2n) is 10.1. The average molecular weight is 504 g/mol. The summed E-state index contributed by atoms with van der Waals surface area (Å²) in [5.41, 5.74) is 4.54. The van der Waals surface area contributed by atoms with E-state index >= 15 is 0 Å². The lowest BCUT2D eigenvalue weighted by Crippen LogP contribution is -2.40. The summed E-state index contributed by atoms with van der Waals surface area (Å²) in [4.78, 5) is 2.19. The van der Waals surface area contributed by atoms with E-state index < -0.39 is 12.3 Å². The Balaban J connectivity index is 1.37. The topological polar surface area (TPSA) is 62.2 Å². The van der Waals surface area contributed by atoms with Gasteiger partial charge in [0.05, 0.1) is 0 Å². The van der Waals surface area contributed by atoms with Gasteiger partial charge in [0.15, 0.2) is 0 Å². The predicted molar refractivity (Wildman–Crippen MR) is 144 cm³/mol. The molecule has 0 spiro atoms. The fraction of sp³-hybridized carbons (Fsp3) is 0.355. The second-order valence-corrected chi connectivity index (χ2v) is 10.1. The van der Waals surface area contributed by atoms with Crippen molar-refractivity contribution in [3.05, 3.63) is 83.4 Å². The number of phenolic OH excluding ortho intramolecular Hbond substituents is 2. The lowest BCUT2D eigenvalue weighted by Gasteiger charge is -2.31. The molecular weight excluding hydrogens is 469 g/mol. The van der Waals surface area contributed by atoms with Crippen molar-refractivity contribution >= 4 is 11.1 Å². The minimum Gasteiger partial charge on any atom is -0.508 e. The third kappa shape index (κ3) is 5.59. The first kappa shape index (κ1) is 25.2. The molecule has 5 rings (SSSR count). The third-order valence-corrected chi connectivity index (χ3v) is 7.38. The van der Waals surface area contributed by atoms with E-state index in [0.29, 0.717) is 25.3 Å². The molecule has 37 heavy (non-hydrogen) atoms. The Kier molecular flexibility index (Phi) is 7.38. The smallest absolute Gasteiger partial charge is 0.150 e. The molecule has 0 aliphatic carbocycles. The largest absolute Gasteiger partial charge is 0.508 e. The van der Waals surface area contributed by atoms with Gasteiger partial charge in [-0.2, -0.15) is 0 Å². The van der Waals surface area contributed by atoms with Gasteiger partial charge in [-0.25, -0.2) is 4.39 Å². The number of likely N-dealkylation sites (tertiary alicyclic amines) is 1. The monoisotopic (exact) mass is 503 g/mol. The minimum absolute atomic E-state index is 0.133. The zero-order chi connectivity index (χ0) is 25.9. The van der Waals surface area contributed by atoms with Crippen molar-refractivity contribution in [2.45, 2.75) is 51.4 Å². The van der Waals surface area contributed by atoms with Gasteiger partial charge in [0.2, 0.25) is 0 Å². The van der Waals surface area contributed by atoms with E-state index in [1.807, 2.05) is 43.3 Å². The normalized spacial score (nSPS) is 21.1. The van der Waals surface area contributed by atoms with Gasteiger partial charge >= 0.3 is 0 Å². The number of halogens is 1. The first-order valence-corrected chi connectivity index (χ1v) is 13.0. The number of allylic oxidation sites excluding steroid dienone is 1. The molecule has 0 radical (unpaired) electrons. The van der Waals surface area contributed by atoms with Crippen LogP contribution in [0.25, 0.3) is 11.1 Å². The van der Waals surface area contributed by atoms with Crippen molar-refractivity contribution in [3.8, 4) is 23.0 Å². The highest BCUT2D eigenvalue weighted by Crippen LogP contribution is 2.47. The molecule has 6 heteroatoms. The van der Waals surface area contributed by atoms with Crippen LogP contribution in [-0.2, 0) is 0 Å². The Morgan fingerprint density at radius 1 is 1.03 bits per heavy atom. The van der Waals surface area contributed by atoms with Gasteiger partial charge in [0, 0.05) is 23.7 Å². The number of hydrogen-bond donors (Lipinski definition) is 2. The molecule has 2 aliphatic rings. The standard InChI is InChI=1S/C31H34FNO4/c1-20(33-15-4-3-7-24(32)18-33)19-36-27-12-9-22(10-13-27)31-30(23-6-5-8-25(34)16-23)21(2)28-17-26(35)11-14-29(28)37-31/h5-6,8-14,16-17,20,24,31,34-35H,3-4,7,15,18-19H2,1-2H3/t20-,24+,31?/m0/s1. The van der Waals surface area contributed by atoms with E-state index in [4.69, 9.17) is 9.47 Å². The maximum atomic E-state index is 14.0. The fourth-order valence-corrected chi connectivity index (χ4v) is 5.30. The van der Waals surface area contributed by atoms with Crippen molar-refractivity contribution in [2.75, 3.05) is 19.7 Å². The molecule has 0 saturated carbocycles. The summed E-state index contributed by atoms with van der Waals surface area (Å²) in [7, 11) is 0. The van der Waals surface area contributed by atoms with Crippen LogP contribution in [0.5, 0.6) is 23.0 Å². The number of ether oxygens (including phenoxy) is 2. The zero-order valence-corrected chi connectivity index (χ0v) is 21.4. The molecule has 2 N–H and O–H groups in total. The number of rotatable bonds is 6. The van der Waals surface area contributed by atoms with Crippen molar-refractivity contribution < 1.29 is 24.1 Å². The molecule has 3 atom stereocenters. The quantitative estimate of drug-likeness (QED) is 0.389. The van der Waals surface area contributed by atoms with E-state index in [9.17, 15) is 14.6 Å². The van der Waals surface area contributed by atoms with Gasteiger partial charge in [-0.3, -0.25) is 4.90 Å². The molecular formula is C31H34FNO4. The van der Waals surface area contributed by atoms with Crippen LogP contribution in [-0.4, -0.2) is 47.0 Å². The molecule has 3 aromatic rings. The highest BCUT2D eigenvalue weighted by Gasteiger charge is 2.30. The van der Waals surface area contributed by atoms with Gasteiger partial charge in [-0.1, -0.05) is 24.3 Å². The maximum Gasteiger partial charge on any atom is 0.150 e. The van der Waals surface area contributed by atoms with Gasteiger partial charge in [-0.05, 0) is 98.8 Å². The molecule has 1 unspecified atom stereocenters. The number of fused-ring (bicyclic) bond motifs is 1. The van der Waals surface area contributed by atoms with E-state index in [1.165, 1.54) is 0 Å². The highest BCUT2D eigenvalue weighted by molar-refractivity contribution is 5.95. The van der Waals surface area contributed by atoms with E-state index in [1.54, 1.807) is 30.3 Å². The molecule has 5 nitrogen and oxygen atoms in total. The molecule has 0 aromatic heterocycles. The predicted octanol–water partition coefficient (Wildman–Crippen LogP) is 6.75. The first-order valence-electron chi connectivity index (χ1n) is 13.0. The molecule has 0 amide bonds. The van der Waals surface area contributed by atoms with Gasteiger partial charge < -0.3 is 19.7 Å². The van der Waals surface area contributed by atoms with E-state index in [-0.39, 0.29) is 17.5 Å². The first-order chi connectivity index (χ1) is 17.9. The number of alkyl halides is 1. The Hall–Kier alpha value is -3.51. The summed E-state index contributed by atoms with van der Waals surface area (Å²) in [6.07, 6.45) is 1.47. The fourth-order valence-electron chi connectivity index (χ4n) is 5.30. The summed E-state index contributed by atoms with van der Waals surface area (Å²) in [5.74, 6) is 1.80. The Morgan fingerprint density at radius 2 is 1.81 bits per heavy atom. The number of phenols is 2. The maximum absolute atomic E-state index is 14.0. The molecule has 0 bridgehead atoms. The van der Waals surface area contributed by atoms with Crippen LogP contribution in [0.3, 0.4) is 0 Å². The van der Waals surface area contributed by atoms with E-state index in [2.05, 4.69) is 11.8 Å². The third-order valence-electron chi connectivity index (χ3n) is 7.38. The summed E-state index contributed by atoms with van der Waals surface area (Å²) < 4.78 is 26.6. The number of benzene rings is 3. The van der Waals surface area contributed by atoms with Crippen molar-refractivity contribution in [2.24, 2.45) is 0 Å². The molecule has 3 aromatic carbocycles. The van der Waals surface area contributed by atoms with Gasteiger partial charge in [-0.15, -0.1) is 0 Å². The van der Waals surface area contributed by atoms with Gasteiger partial charge in [0.25, 0.3) is 0 Å². The number of aromatic hydroxyl groups is 2. The average Bonchev–Trinajstić information content (AvgIpc) is 3.12. The lowest BCUT2D eigenvalue weighted by atomic mass is 9.86. The zero-order valence-electron chi connectivity index (χ0n) is 21.4. The second kappa shape index (κ2) is 10.9. The summed E-state index contributed by atoms with van der Waals surface area (Å²) in [5, 5.41) is 20.2. The summed E-state index contributed by atoms with van der Waals surface area (Å²) >= 11 is 0. The van der Waals surface area contributed by atoms with Crippen molar-refractivity contribution in [3.63, 3.8) is 0 Å². The summed E-state index contributed by atoms with van der Waals surface area (Å²) in [6, 6.07) is 20.2. The Morgan fingerprint density at radius 3 is 2.59 bits per heavy atom. The van der Waals surface area contributed by atoms with Crippen LogP contribution in [0.15, 0.2) is 66.7 Å². The van der Waals surface area contributed by atoms with Crippen molar-refractivity contribution in [1.29, 1.82) is 0 Å². The Labute approximate surface area is 217 Å². The van der Waals surface area contributed by atoms with Gasteiger partial charge in [0.1, 0.15) is 41.9 Å². The minimum atomic E-state index is -0.758. The van der Waals surface area contributed by atoms with Crippen LogP contribution in [0.2, 0.25) is 0 Å². The van der Waals surface area contributed by atoms with Crippen molar-refractivity contribution in [1.82, 2.24) is 4.90 Å². The lowest BCUT2D eigenvalue weighted by molar-refractivity contribution is 0.123. The molecule has 1 fully saturated rings. The van der Waals surface area contributed by atoms with Crippen LogP contribution >= 0.6 is 0 Å². The van der Waals surface area contributed by atoms with Crippen LogP contribution in [0.4, 0.5) is 4.39 Å². The Bertz CT molecular complexity index is 1270. The molecule has 2 heterocycles. The van der Waals surface area contributed by atoms with E-state index in [0.717, 1.165) is 53.0 Å². The van der Waals surface area contributed by atoms with Crippen LogP contribution < -0.4 is 9.47 Å². The molecule has 1 saturated heterocycles. The number of hydrogen-bond acceptors (Lipinski definition) is 5. The summed E-state index contributed by atoms with van der Waals surface area (Å²) in [6.45, 7) is 5.98. The highest BCUT2D eigenvalue weighted by atomic mass is 19.1. The van der Waals surface area contributed by atoms with Crippen LogP contribution in [0.1, 0.15) is 55.9 Å². The molecule has 2 aliphatic heterocycles. The van der Waals surface area contributed by atoms with Crippen LogP contribution in [0, 0.1) is 0 Å². The number of nitrogens with zero attached hydrogens (tertiary/aromatic N) is 1.